The first kappa shape index (κ1) is 16.6. The number of benzene rings is 2. The lowest BCUT2D eigenvalue weighted by Gasteiger charge is -2.09. The highest BCUT2D eigenvalue weighted by Gasteiger charge is 2.07. The maximum Gasteiger partial charge on any atom is 0.162 e. The number of nitrogens with two attached hydrogens (primary N) is 1. The number of nitrogen functional groups attached to an aromatic ring is 1. The highest BCUT2D eigenvalue weighted by Crippen LogP contribution is 2.32. The molecular formula is C19H22N2O2. The summed E-state index contributed by atoms with van der Waals surface area (Å²) in [6.07, 6.45) is 1.80. The van der Waals surface area contributed by atoms with Crippen LogP contribution in [0.15, 0.2) is 48.7 Å². The number of aryl methyl sites for hydroxylation is 2. The summed E-state index contributed by atoms with van der Waals surface area (Å²) < 4.78 is 10.5. The Balaban J connectivity index is 0.000000203. The quantitative estimate of drug-likeness (QED) is 0.723. The average Bonchev–Trinajstić information content (AvgIpc) is 2.57. The van der Waals surface area contributed by atoms with E-state index in [-0.39, 0.29) is 0 Å². The van der Waals surface area contributed by atoms with E-state index in [1.165, 1.54) is 11.1 Å². The summed E-state index contributed by atoms with van der Waals surface area (Å²) in [5.41, 5.74) is 9.61. The van der Waals surface area contributed by atoms with E-state index in [1.807, 2.05) is 49.4 Å². The molecule has 3 rings (SSSR count). The molecule has 0 spiro atoms. The normalized spacial score (nSPS) is 9.91. The standard InChI is InChI=1S/C12H13NO2.C7H9N/c1-8-4-5-13-10-7-12(15-3)11(14-2)6-9(8)10;1-6-2-4-7(8)5-3-6/h4-7H,1-3H3;2-5H,8H2,1H3. The fraction of sp³-hybridized carbons (Fsp3) is 0.211. The first-order valence-electron chi connectivity index (χ1n) is 7.34. The second kappa shape index (κ2) is 7.49. The van der Waals surface area contributed by atoms with Crippen LogP contribution in [0.3, 0.4) is 0 Å². The van der Waals surface area contributed by atoms with E-state index in [9.17, 15) is 0 Å². The molecule has 0 aliphatic rings. The van der Waals surface area contributed by atoms with Crippen molar-refractivity contribution in [2.75, 3.05) is 20.0 Å². The second-order valence-corrected chi connectivity index (χ2v) is 5.26. The van der Waals surface area contributed by atoms with Gasteiger partial charge in [0, 0.05) is 23.3 Å². The second-order valence-electron chi connectivity index (χ2n) is 5.26. The lowest BCUT2D eigenvalue weighted by molar-refractivity contribution is 0.356. The number of ether oxygens (including phenoxy) is 2. The van der Waals surface area contributed by atoms with Crippen molar-refractivity contribution in [3.8, 4) is 11.5 Å². The molecule has 120 valence electrons. The predicted molar refractivity (Wildman–Crippen MR) is 95.2 cm³/mol. The Morgan fingerprint density at radius 2 is 1.48 bits per heavy atom. The molecule has 0 amide bonds. The molecular weight excluding hydrogens is 288 g/mol. The van der Waals surface area contributed by atoms with Gasteiger partial charge in [-0.05, 0) is 43.7 Å². The van der Waals surface area contributed by atoms with E-state index in [1.54, 1.807) is 20.4 Å². The number of anilines is 1. The summed E-state index contributed by atoms with van der Waals surface area (Å²) in [5.74, 6) is 1.45. The largest absolute Gasteiger partial charge is 0.493 e. The zero-order valence-electron chi connectivity index (χ0n) is 14.0. The van der Waals surface area contributed by atoms with Gasteiger partial charge in [0.2, 0.25) is 0 Å². The molecule has 0 saturated heterocycles. The predicted octanol–water partition coefficient (Wildman–Crippen LogP) is 4.14. The highest BCUT2D eigenvalue weighted by molar-refractivity contribution is 5.85. The van der Waals surface area contributed by atoms with Crippen LogP contribution in [-0.2, 0) is 0 Å². The van der Waals surface area contributed by atoms with Crippen LogP contribution >= 0.6 is 0 Å². The van der Waals surface area contributed by atoms with Crippen LogP contribution in [-0.4, -0.2) is 19.2 Å². The van der Waals surface area contributed by atoms with Crippen LogP contribution in [0.2, 0.25) is 0 Å². The van der Waals surface area contributed by atoms with Crippen LogP contribution in [0, 0.1) is 13.8 Å². The van der Waals surface area contributed by atoms with Gasteiger partial charge in [0.15, 0.2) is 11.5 Å². The molecule has 23 heavy (non-hydrogen) atoms. The van der Waals surface area contributed by atoms with Crippen molar-refractivity contribution in [1.29, 1.82) is 0 Å². The summed E-state index contributed by atoms with van der Waals surface area (Å²) in [5, 5.41) is 1.09. The third-order valence-electron chi connectivity index (χ3n) is 3.54. The van der Waals surface area contributed by atoms with Crippen molar-refractivity contribution in [2.45, 2.75) is 13.8 Å². The molecule has 1 aromatic heterocycles. The Morgan fingerprint density at radius 1 is 0.870 bits per heavy atom. The molecule has 0 unspecified atom stereocenters. The van der Waals surface area contributed by atoms with Gasteiger partial charge in [-0.2, -0.15) is 0 Å². The topological polar surface area (TPSA) is 57.4 Å². The third kappa shape index (κ3) is 4.13. The summed E-state index contributed by atoms with van der Waals surface area (Å²) in [7, 11) is 3.26. The molecule has 2 N–H and O–H groups in total. The van der Waals surface area contributed by atoms with Crippen molar-refractivity contribution in [1.82, 2.24) is 4.98 Å². The number of hydrogen-bond acceptors (Lipinski definition) is 4. The first-order chi connectivity index (χ1) is 11.0. The van der Waals surface area contributed by atoms with Crippen molar-refractivity contribution in [3.05, 3.63) is 59.8 Å². The maximum absolute atomic E-state index is 5.43. The van der Waals surface area contributed by atoms with E-state index in [2.05, 4.69) is 11.9 Å². The number of aromatic nitrogens is 1. The van der Waals surface area contributed by atoms with E-state index in [4.69, 9.17) is 15.2 Å². The van der Waals surface area contributed by atoms with Crippen LogP contribution in [0.1, 0.15) is 11.1 Å². The van der Waals surface area contributed by atoms with E-state index in [0.29, 0.717) is 5.75 Å². The van der Waals surface area contributed by atoms with Crippen LogP contribution < -0.4 is 15.2 Å². The molecule has 4 nitrogen and oxygen atoms in total. The molecule has 0 atom stereocenters. The van der Waals surface area contributed by atoms with Crippen molar-refractivity contribution in [2.24, 2.45) is 0 Å². The molecule has 1 heterocycles. The Labute approximate surface area is 136 Å². The fourth-order valence-electron chi connectivity index (χ4n) is 2.18. The number of rotatable bonds is 2. The minimum atomic E-state index is 0.711. The van der Waals surface area contributed by atoms with Crippen LogP contribution in [0.4, 0.5) is 5.69 Å². The zero-order valence-corrected chi connectivity index (χ0v) is 14.0. The van der Waals surface area contributed by atoms with Crippen molar-refractivity contribution >= 4 is 16.6 Å². The lowest BCUT2D eigenvalue weighted by atomic mass is 10.1. The molecule has 4 heteroatoms. The van der Waals surface area contributed by atoms with Gasteiger partial charge in [0.25, 0.3) is 0 Å². The van der Waals surface area contributed by atoms with Gasteiger partial charge >= 0.3 is 0 Å². The summed E-state index contributed by atoms with van der Waals surface area (Å²) >= 11 is 0. The number of fused-ring (bicyclic) bond motifs is 1. The Kier molecular flexibility index (Phi) is 5.41. The van der Waals surface area contributed by atoms with E-state index >= 15 is 0 Å². The van der Waals surface area contributed by atoms with Crippen molar-refractivity contribution in [3.63, 3.8) is 0 Å². The molecule has 2 aromatic carbocycles. The monoisotopic (exact) mass is 310 g/mol. The van der Waals surface area contributed by atoms with E-state index < -0.39 is 0 Å². The van der Waals surface area contributed by atoms with Crippen LogP contribution in [0.25, 0.3) is 10.9 Å². The van der Waals surface area contributed by atoms with Gasteiger partial charge in [-0.3, -0.25) is 4.98 Å². The molecule has 0 radical (unpaired) electrons. The number of methoxy groups -OCH3 is 2. The molecule has 0 saturated carbocycles. The SMILES string of the molecule is COc1cc2nccc(C)c2cc1OC.Cc1ccc(N)cc1. The van der Waals surface area contributed by atoms with Gasteiger partial charge in [-0.25, -0.2) is 0 Å². The summed E-state index contributed by atoms with van der Waals surface area (Å²) in [4.78, 5) is 4.29. The number of hydrogen-bond donors (Lipinski definition) is 1. The maximum atomic E-state index is 5.43. The molecule has 0 bridgehead atoms. The van der Waals surface area contributed by atoms with Crippen LogP contribution in [0.5, 0.6) is 11.5 Å². The molecule has 0 aliphatic carbocycles. The molecule has 0 aliphatic heterocycles. The van der Waals surface area contributed by atoms with Gasteiger partial charge < -0.3 is 15.2 Å². The minimum absolute atomic E-state index is 0.711. The lowest BCUT2D eigenvalue weighted by Crippen LogP contribution is -1.92. The number of nitrogens with zero attached hydrogens (tertiary/aromatic N) is 1. The third-order valence-corrected chi connectivity index (χ3v) is 3.54. The van der Waals surface area contributed by atoms with Gasteiger partial charge in [0.1, 0.15) is 0 Å². The van der Waals surface area contributed by atoms with Gasteiger partial charge in [-0.1, -0.05) is 17.7 Å². The summed E-state index contributed by atoms with van der Waals surface area (Å²) in [6.45, 7) is 4.09. The minimum Gasteiger partial charge on any atom is -0.493 e. The Hall–Kier alpha value is -2.75. The molecule has 0 fully saturated rings. The Morgan fingerprint density at radius 3 is 2.04 bits per heavy atom. The first-order valence-corrected chi connectivity index (χ1v) is 7.34. The van der Waals surface area contributed by atoms with Gasteiger partial charge in [-0.15, -0.1) is 0 Å². The Bertz CT molecular complexity index is 762. The number of pyridine rings is 1. The summed E-state index contributed by atoms with van der Waals surface area (Å²) in [6, 6.07) is 13.6. The van der Waals surface area contributed by atoms with Gasteiger partial charge in [0.05, 0.1) is 19.7 Å². The molecule has 3 aromatic rings. The smallest absolute Gasteiger partial charge is 0.162 e. The highest BCUT2D eigenvalue weighted by atomic mass is 16.5. The average molecular weight is 310 g/mol. The van der Waals surface area contributed by atoms with E-state index in [0.717, 1.165) is 22.3 Å². The van der Waals surface area contributed by atoms with Crippen molar-refractivity contribution < 1.29 is 9.47 Å². The fourth-order valence-corrected chi connectivity index (χ4v) is 2.18. The zero-order chi connectivity index (χ0) is 16.8.